The SMILES string of the molecule is CNC(c1ccsc1)C1(OC)CCCC(C)C1. The number of likely N-dealkylation sites (N-methyl/N-ethyl adjacent to an activating group) is 1. The van der Waals surface area contributed by atoms with Gasteiger partial charge in [0.15, 0.2) is 0 Å². The second-order valence-corrected chi connectivity index (χ2v) is 6.03. The van der Waals surface area contributed by atoms with Crippen LogP contribution in [0.25, 0.3) is 0 Å². The molecule has 1 N–H and O–H groups in total. The quantitative estimate of drug-likeness (QED) is 0.885. The van der Waals surface area contributed by atoms with Crippen molar-refractivity contribution in [2.24, 2.45) is 5.92 Å². The van der Waals surface area contributed by atoms with E-state index < -0.39 is 0 Å². The Labute approximate surface area is 108 Å². The maximum atomic E-state index is 5.97. The molecular weight excluding hydrogens is 230 g/mol. The van der Waals surface area contributed by atoms with Crippen molar-refractivity contribution < 1.29 is 4.74 Å². The van der Waals surface area contributed by atoms with Gasteiger partial charge >= 0.3 is 0 Å². The van der Waals surface area contributed by atoms with E-state index in [2.05, 4.69) is 29.1 Å². The summed E-state index contributed by atoms with van der Waals surface area (Å²) >= 11 is 1.76. The van der Waals surface area contributed by atoms with Crippen LogP contribution in [0.1, 0.15) is 44.2 Å². The largest absolute Gasteiger partial charge is 0.376 e. The molecule has 0 radical (unpaired) electrons. The lowest BCUT2D eigenvalue weighted by Crippen LogP contribution is -2.47. The van der Waals surface area contributed by atoms with Gasteiger partial charge in [0.05, 0.1) is 11.6 Å². The molecule has 1 aliphatic carbocycles. The number of hydrogen-bond acceptors (Lipinski definition) is 3. The third-order valence-corrected chi connectivity index (χ3v) is 4.79. The Hall–Kier alpha value is -0.380. The molecule has 1 heterocycles. The molecule has 2 nitrogen and oxygen atoms in total. The van der Waals surface area contributed by atoms with Crippen LogP contribution < -0.4 is 5.32 Å². The normalized spacial score (nSPS) is 31.4. The minimum absolute atomic E-state index is 0.0203. The Morgan fingerprint density at radius 1 is 1.59 bits per heavy atom. The molecule has 2 rings (SSSR count). The number of thiophene rings is 1. The lowest BCUT2D eigenvalue weighted by Gasteiger charge is -2.44. The molecule has 3 unspecified atom stereocenters. The van der Waals surface area contributed by atoms with E-state index >= 15 is 0 Å². The van der Waals surface area contributed by atoms with Crippen LogP contribution in [0.3, 0.4) is 0 Å². The Morgan fingerprint density at radius 3 is 2.94 bits per heavy atom. The van der Waals surface area contributed by atoms with Crippen molar-refractivity contribution in [1.29, 1.82) is 0 Å². The lowest BCUT2D eigenvalue weighted by atomic mass is 9.73. The van der Waals surface area contributed by atoms with Crippen LogP contribution in [-0.2, 0) is 4.74 Å². The van der Waals surface area contributed by atoms with Gasteiger partial charge in [-0.25, -0.2) is 0 Å². The molecule has 1 fully saturated rings. The van der Waals surface area contributed by atoms with Gasteiger partial charge in [0, 0.05) is 7.11 Å². The number of methoxy groups -OCH3 is 1. The van der Waals surface area contributed by atoms with Crippen LogP contribution in [0.5, 0.6) is 0 Å². The summed E-state index contributed by atoms with van der Waals surface area (Å²) in [5, 5.41) is 7.85. The van der Waals surface area contributed by atoms with Gasteiger partial charge in [-0.3, -0.25) is 0 Å². The second kappa shape index (κ2) is 5.51. The van der Waals surface area contributed by atoms with Gasteiger partial charge in [-0.05, 0) is 48.2 Å². The molecule has 0 aromatic carbocycles. The van der Waals surface area contributed by atoms with E-state index in [1.165, 1.54) is 18.4 Å². The van der Waals surface area contributed by atoms with Gasteiger partial charge in [0.1, 0.15) is 0 Å². The van der Waals surface area contributed by atoms with Crippen molar-refractivity contribution in [3.05, 3.63) is 22.4 Å². The molecule has 0 saturated heterocycles. The number of ether oxygens (including phenoxy) is 1. The lowest BCUT2D eigenvalue weighted by molar-refractivity contribution is -0.0789. The predicted molar refractivity (Wildman–Crippen MR) is 73.5 cm³/mol. The minimum atomic E-state index is -0.0203. The average molecular weight is 253 g/mol. The molecule has 0 spiro atoms. The van der Waals surface area contributed by atoms with E-state index in [1.54, 1.807) is 11.3 Å². The van der Waals surface area contributed by atoms with E-state index in [9.17, 15) is 0 Å². The first-order chi connectivity index (χ1) is 8.22. The summed E-state index contributed by atoms with van der Waals surface area (Å²) in [5.74, 6) is 0.762. The zero-order chi connectivity index (χ0) is 12.3. The smallest absolute Gasteiger partial charge is 0.0875 e. The predicted octanol–water partition coefficient (Wildman–Crippen LogP) is 3.60. The zero-order valence-electron chi connectivity index (χ0n) is 11.0. The van der Waals surface area contributed by atoms with Crippen molar-refractivity contribution in [3.63, 3.8) is 0 Å². The molecule has 3 heteroatoms. The highest BCUT2D eigenvalue weighted by Gasteiger charge is 2.42. The van der Waals surface area contributed by atoms with Crippen molar-refractivity contribution in [1.82, 2.24) is 5.32 Å². The molecule has 1 aliphatic rings. The maximum Gasteiger partial charge on any atom is 0.0875 e. The summed E-state index contributed by atoms with van der Waals surface area (Å²) in [6, 6.07) is 2.53. The van der Waals surface area contributed by atoms with E-state index in [-0.39, 0.29) is 5.60 Å². The summed E-state index contributed by atoms with van der Waals surface area (Å²) in [4.78, 5) is 0. The van der Waals surface area contributed by atoms with Gasteiger partial charge in [-0.15, -0.1) is 0 Å². The summed E-state index contributed by atoms with van der Waals surface area (Å²) in [6.45, 7) is 2.34. The Balaban J connectivity index is 2.25. The molecule has 3 atom stereocenters. The first-order valence-corrected chi connectivity index (χ1v) is 7.40. The first-order valence-electron chi connectivity index (χ1n) is 6.46. The Morgan fingerprint density at radius 2 is 2.41 bits per heavy atom. The molecule has 1 aromatic heterocycles. The zero-order valence-corrected chi connectivity index (χ0v) is 11.8. The van der Waals surface area contributed by atoms with Crippen molar-refractivity contribution in [2.75, 3.05) is 14.2 Å². The van der Waals surface area contributed by atoms with Crippen molar-refractivity contribution >= 4 is 11.3 Å². The molecule has 96 valence electrons. The Kier molecular flexibility index (Phi) is 4.23. The number of nitrogens with one attached hydrogen (secondary N) is 1. The fourth-order valence-electron chi connectivity index (χ4n) is 3.28. The minimum Gasteiger partial charge on any atom is -0.376 e. The fraction of sp³-hybridized carbons (Fsp3) is 0.714. The molecule has 1 aromatic rings. The van der Waals surface area contributed by atoms with Crippen LogP contribution in [0.15, 0.2) is 16.8 Å². The van der Waals surface area contributed by atoms with Crippen LogP contribution in [0, 0.1) is 5.92 Å². The van der Waals surface area contributed by atoms with Crippen molar-refractivity contribution in [2.45, 2.75) is 44.2 Å². The highest BCUT2D eigenvalue weighted by atomic mass is 32.1. The van der Waals surface area contributed by atoms with Gasteiger partial charge in [0.2, 0.25) is 0 Å². The molecule has 1 saturated carbocycles. The van der Waals surface area contributed by atoms with Crippen LogP contribution in [0.2, 0.25) is 0 Å². The van der Waals surface area contributed by atoms with E-state index in [0.29, 0.717) is 6.04 Å². The highest BCUT2D eigenvalue weighted by Crippen LogP contribution is 2.43. The molecular formula is C14H23NOS. The molecule has 17 heavy (non-hydrogen) atoms. The summed E-state index contributed by atoms with van der Waals surface area (Å²) < 4.78 is 5.97. The molecule has 0 aliphatic heterocycles. The second-order valence-electron chi connectivity index (χ2n) is 5.25. The van der Waals surface area contributed by atoms with Crippen molar-refractivity contribution in [3.8, 4) is 0 Å². The van der Waals surface area contributed by atoms with Gasteiger partial charge in [-0.1, -0.05) is 19.8 Å². The molecule has 0 bridgehead atoms. The van der Waals surface area contributed by atoms with Gasteiger partial charge in [-0.2, -0.15) is 11.3 Å². The van der Waals surface area contributed by atoms with Crippen LogP contribution >= 0.6 is 11.3 Å². The highest BCUT2D eigenvalue weighted by molar-refractivity contribution is 7.07. The van der Waals surface area contributed by atoms with E-state index in [4.69, 9.17) is 4.74 Å². The Bertz CT molecular complexity index is 338. The van der Waals surface area contributed by atoms with Gasteiger partial charge < -0.3 is 10.1 Å². The van der Waals surface area contributed by atoms with Crippen LogP contribution in [-0.4, -0.2) is 19.8 Å². The summed E-state index contributed by atoms with van der Waals surface area (Å²) in [7, 11) is 3.91. The number of hydrogen-bond donors (Lipinski definition) is 1. The summed E-state index contributed by atoms with van der Waals surface area (Å²) in [6.07, 6.45) is 4.93. The topological polar surface area (TPSA) is 21.3 Å². The van der Waals surface area contributed by atoms with E-state index in [0.717, 1.165) is 18.8 Å². The third-order valence-electron chi connectivity index (χ3n) is 4.09. The van der Waals surface area contributed by atoms with Crippen LogP contribution in [0.4, 0.5) is 0 Å². The molecule has 0 amide bonds. The summed E-state index contributed by atoms with van der Waals surface area (Å²) in [5.41, 5.74) is 1.35. The fourth-order valence-corrected chi connectivity index (χ4v) is 3.97. The average Bonchev–Trinajstić information content (AvgIpc) is 2.83. The van der Waals surface area contributed by atoms with E-state index in [1.807, 2.05) is 14.2 Å². The number of rotatable bonds is 4. The third kappa shape index (κ3) is 2.56. The standard InChI is InChI=1S/C14H23NOS/c1-11-5-4-7-14(9-11,16-3)13(15-2)12-6-8-17-10-12/h6,8,10-11,13,15H,4-5,7,9H2,1-3H3. The first kappa shape index (κ1) is 13.1. The monoisotopic (exact) mass is 253 g/mol. The van der Waals surface area contributed by atoms with Gasteiger partial charge in [0.25, 0.3) is 0 Å². The maximum absolute atomic E-state index is 5.97.